The number of aromatic amines is 1. The summed E-state index contributed by atoms with van der Waals surface area (Å²) in [7, 11) is 2.14. The van der Waals surface area contributed by atoms with E-state index in [4.69, 9.17) is 5.26 Å². The topological polar surface area (TPSA) is 63.1 Å². The van der Waals surface area contributed by atoms with Crippen molar-refractivity contribution in [2.75, 3.05) is 38.1 Å². The molecular formula is C17H18N4O. The van der Waals surface area contributed by atoms with E-state index in [1.807, 2.05) is 18.2 Å². The first-order valence-electron chi connectivity index (χ1n) is 7.35. The maximum Gasteiger partial charge on any atom is 0.266 e. The number of benzene rings is 1. The standard InChI is InChI=1S/C17H18N4O/c1-20-8-10-21(11-9-20)15-5-2-13(3-6-15)16-7-4-14(12-18)17(22)19-16/h2-7H,8-11H2,1H3,(H,19,22). The van der Waals surface area contributed by atoms with Gasteiger partial charge in [-0.1, -0.05) is 12.1 Å². The molecule has 0 unspecified atom stereocenters. The fourth-order valence-electron chi connectivity index (χ4n) is 2.65. The van der Waals surface area contributed by atoms with Crippen LogP contribution in [0.2, 0.25) is 0 Å². The van der Waals surface area contributed by atoms with Gasteiger partial charge in [-0.2, -0.15) is 5.26 Å². The molecule has 22 heavy (non-hydrogen) atoms. The predicted molar refractivity (Wildman–Crippen MR) is 86.9 cm³/mol. The minimum Gasteiger partial charge on any atom is -0.369 e. The molecule has 1 N–H and O–H groups in total. The predicted octanol–water partition coefficient (Wildman–Crippen LogP) is 1.67. The summed E-state index contributed by atoms with van der Waals surface area (Å²) in [5.41, 5.74) is 2.67. The summed E-state index contributed by atoms with van der Waals surface area (Å²) in [5.74, 6) is 0. The van der Waals surface area contributed by atoms with E-state index in [1.54, 1.807) is 12.1 Å². The molecule has 1 aromatic heterocycles. The summed E-state index contributed by atoms with van der Waals surface area (Å²) in [5, 5.41) is 8.80. The second-order valence-electron chi connectivity index (χ2n) is 5.56. The second-order valence-corrected chi connectivity index (χ2v) is 5.56. The van der Waals surface area contributed by atoms with E-state index in [1.165, 1.54) is 5.69 Å². The van der Waals surface area contributed by atoms with Crippen molar-refractivity contribution < 1.29 is 0 Å². The third kappa shape index (κ3) is 2.87. The van der Waals surface area contributed by atoms with E-state index >= 15 is 0 Å². The summed E-state index contributed by atoms with van der Waals surface area (Å²) >= 11 is 0. The van der Waals surface area contributed by atoms with Gasteiger partial charge in [-0.3, -0.25) is 4.79 Å². The minimum atomic E-state index is -0.344. The molecule has 0 aliphatic carbocycles. The van der Waals surface area contributed by atoms with E-state index in [2.05, 4.69) is 34.0 Å². The van der Waals surface area contributed by atoms with Crippen LogP contribution in [-0.4, -0.2) is 43.1 Å². The summed E-state index contributed by atoms with van der Waals surface area (Å²) in [6, 6.07) is 13.4. The third-order valence-electron chi connectivity index (χ3n) is 4.08. The van der Waals surface area contributed by atoms with Crippen LogP contribution in [0.5, 0.6) is 0 Å². The van der Waals surface area contributed by atoms with Gasteiger partial charge < -0.3 is 14.8 Å². The lowest BCUT2D eigenvalue weighted by atomic mass is 10.1. The molecule has 0 saturated carbocycles. The van der Waals surface area contributed by atoms with Crippen LogP contribution in [0.1, 0.15) is 5.56 Å². The van der Waals surface area contributed by atoms with Crippen LogP contribution in [0.25, 0.3) is 11.3 Å². The smallest absolute Gasteiger partial charge is 0.266 e. The van der Waals surface area contributed by atoms with Crippen LogP contribution in [0.15, 0.2) is 41.2 Å². The van der Waals surface area contributed by atoms with Crippen molar-refractivity contribution in [3.8, 4) is 17.3 Å². The molecule has 5 nitrogen and oxygen atoms in total. The number of nitriles is 1. The zero-order valence-electron chi connectivity index (χ0n) is 12.5. The highest BCUT2D eigenvalue weighted by Gasteiger charge is 2.14. The van der Waals surface area contributed by atoms with Gasteiger partial charge in [0.25, 0.3) is 5.56 Å². The van der Waals surface area contributed by atoms with Gasteiger partial charge in [0, 0.05) is 37.6 Å². The van der Waals surface area contributed by atoms with Gasteiger partial charge in [-0.05, 0) is 36.9 Å². The molecule has 0 spiro atoms. The number of likely N-dealkylation sites (N-methyl/N-ethyl adjacent to an activating group) is 1. The van der Waals surface area contributed by atoms with Gasteiger partial charge in [0.15, 0.2) is 0 Å². The molecule has 1 aliphatic rings. The maximum absolute atomic E-state index is 11.7. The number of aromatic nitrogens is 1. The van der Waals surface area contributed by atoms with E-state index in [0.29, 0.717) is 0 Å². The van der Waals surface area contributed by atoms with E-state index < -0.39 is 0 Å². The van der Waals surface area contributed by atoms with Crippen molar-refractivity contribution in [2.45, 2.75) is 0 Å². The molecular weight excluding hydrogens is 276 g/mol. The van der Waals surface area contributed by atoms with Gasteiger partial charge in [0.2, 0.25) is 0 Å². The van der Waals surface area contributed by atoms with E-state index in [0.717, 1.165) is 37.4 Å². The molecule has 3 rings (SSSR count). The lowest BCUT2D eigenvalue weighted by Crippen LogP contribution is -2.44. The number of piperazine rings is 1. The fourth-order valence-corrected chi connectivity index (χ4v) is 2.65. The lowest BCUT2D eigenvalue weighted by molar-refractivity contribution is 0.313. The Hall–Kier alpha value is -2.58. The molecule has 1 fully saturated rings. The fraction of sp³-hybridized carbons (Fsp3) is 0.294. The highest BCUT2D eigenvalue weighted by Crippen LogP contribution is 2.22. The van der Waals surface area contributed by atoms with Crippen LogP contribution >= 0.6 is 0 Å². The SMILES string of the molecule is CN1CCN(c2ccc(-c3ccc(C#N)c(=O)[nH]3)cc2)CC1. The second kappa shape index (κ2) is 6.04. The molecule has 0 amide bonds. The summed E-state index contributed by atoms with van der Waals surface area (Å²) < 4.78 is 0. The molecule has 1 aliphatic heterocycles. The van der Waals surface area contributed by atoms with Crippen molar-refractivity contribution in [3.05, 3.63) is 52.3 Å². The number of hydrogen-bond donors (Lipinski definition) is 1. The average Bonchev–Trinajstić information content (AvgIpc) is 2.56. The van der Waals surface area contributed by atoms with Crippen molar-refractivity contribution in [1.82, 2.24) is 9.88 Å². The number of H-pyrrole nitrogens is 1. The Balaban J connectivity index is 1.81. The molecule has 2 aromatic rings. The zero-order valence-corrected chi connectivity index (χ0v) is 12.5. The first kappa shape index (κ1) is 14.4. The Morgan fingerprint density at radius 1 is 1.05 bits per heavy atom. The number of rotatable bonds is 2. The van der Waals surface area contributed by atoms with Crippen molar-refractivity contribution in [1.29, 1.82) is 5.26 Å². The Labute approximate surface area is 129 Å². The zero-order chi connectivity index (χ0) is 15.5. The number of nitrogens with zero attached hydrogens (tertiary/aromatic N) is 3. The first-order valence-corrected chi connectivity index (χ1v) is 7.35. The van der Waals surface area contributed by atoms with E-state index in [-0.39, 0.29) is 11.1 Å². The Morgan fingerprint density at radius 3 is 2.32 bits per heavy atom. The maximum atomic E-state index is 11.7. The number of pyridine rings is 1. The molecule has 1 aromatic carbocycles. The van der Waals surface area contributed by atoms with Crippen LogP contribution < -0.4 is 10.5 Å². The van der Waals surface area contributed by atoms with Crippen LogP contribution in [0.4, 0.5) is 5.69 Å². The Bertz CT molecular complexity index is 749. The van der Waals surface area contributed by atoms with Crippen molar-refractivity contribution >= 4 is 5.69 Å². The largest absolute Gasteiger partial charge is 0.369 e. The molecule has 112 valence electrons. The van der Waals surface area contributed by atoms with E-state index in [9.17, 15) is 4.79 Å². The Kier molecular flexibility index (Phi) is 3.94. The molecule has 0 radical (unpaired) electrons. The minimum absolute atomic E-state index is 0.137. The van der Waals surface area contributed by atoms with Crippen molar-refractivity contribution in [3.63, 3.8) is 0 Å². The van der Waals surface area contributed by atoms with Crippen LogP contribution in [0.3, 0.4) is 0 Å². The molecule has 0 bridgehead atoms. The Morgan fingerprint density at radius 2 is 1.73 bits per heavy atom. The van der Waals surface area contributed by atoms with Crippen LogP contribution in [-0.2, 0) is 0 Å². The van der Waals surface area contributed by atoms with Gasteiger partial charge in [0.05, 0.1) is 0 Å². The quantitative estimate of drug-likeness (QED) is 0.915. The molecule has 5 heteroatoms. The monoisotopic (exact) mass is 294 g/mol. The first-order chi connectivity index (χ1) is 10.7. The lowest BCUT2D eigenvalue weighted by Gasteiger charge is -2.34. The van der Waals surface area contributed by atoms with Gasteiger partial charge >= 0.3 is 0 Å². The van der Waals surface area contributed by atoms with Crippen LogP contribution in [0, 0.1) is 11.3 Å². The number of anilines is 1. The summed E-state index contributed by atoms with van der Waals surface area (Å²) in [6.07, 6.45) is 0. The summed E-state index contributed by atoms with van der Waals surface area (Å²) in [4.78, 5) is 19.1. The number of nitrogens with one attached hydrogen (secondary N) is 1. The average molecular weight is 294 g/mol. The normalized spacial score (nSPS) is 15.5. The number of hydrogen-bond acceptors (Lipinski definition) is 4. The summed E-state index contributed by atoms with van der Waals surface area (Å²) in [6.45, 7) is 4.21. The molecule has 0 atom stereocenters. The third-order valence-corrected chi connectivity index (χ3v) is 4.08. The van der Waals surface area contributed by atoms with Gasteiger partial charge in [-0.25, -0.2) is 0 Å². The molecule has 1 saturated heterocycles. The highest BCUT2D eigenvalue weighted by atomic mass is 16.1. The highest BCUT2D eigenvalue weighted by molar-refractivity contribution is 5.63. The van der Waals surface area contributed by atoms with Gasteiger partial charge in [-0.15, -0.1) is 0 Å². The van der Waals surface area contributed by atoms with Gasteiger partial charge in [0.1, 0.15) is 11.6 Å². The van der Waals surface area contributed by atoms with Crippen molar-refractivity contribution in [2.24, 2.45) is 0 Å². The molecule has 2 heterocycles.